The molecule has 0 aliphatic carbocycles. The molecule has 1 fully saturated rings. The van der Waals surface area contributed by atoms with Crippen LogP contribution in [0.2, 0.25) is 0 Å². The number of likely N-dealkylation sites (tertiary alicyclic amines) is 1. The largest absolute Gasteiger partial charge is 0.481 e. The van der Waals surface area contributed by atoms with E-state index in [4.69, 9.17) is 5.11 Å². The third kappa shape index (κ3) is 2.72. The van der Waals surface area contributed by atoms with E-state index < -0.39 is 5.97 Å². The van der Waals surface area contributed by atoms with Gasteiger partial charge in [-0.3, -0.25) is 14.5 Å². The summed E-state index contributed by atoms with van der Waals surface area (Å²) in [6, 6.07) is -0.0445. The van der Waals surface area contributed by atoms with Gasteiger partial charge in [-0.1, -0.05) is 0 Å². The predicted molar refractivity (Wildman–Crippen MR) is 60.1 cm³/mol. The molecule has 1 heterocycles. The second kappa shape index (κ2) is 5.30. The Morgan fingerprint density at radius 1 is 1.50 bits per heavy atom. The fourth-order valence-corrected chi connectivity index (χ4v) is 2.35. The van der Waals surface area contributed by atoms with Crippen molar-refractivity contribution in [2.75, 3.05) is 13.6 Å². The first kappa shape index (κ1) is 13.0. The highest BCUT2D eigenvalue weighted by Gasteiger charge is 2.33. The van der Waals surface area contributed by atoms with Gasteiger partial charge in [-0.2, -0.15) is 0 Å². The minimum Gasteiger partial charge on any atom is -0.481 e. The number of carbonyl (C=O) groups is 2. The summed E-state index contributed by atoms with van der Waals surface area (Å²) < 4.78 is 0. The Hall–Kier alpha value is -1.10. The summed E-state index contributed by atoms with van der Waals surface area (Å²) in [5.41, 5.74) is 0. The van der Waals surface area contributed by atoms with Crippen LogP contribution in [0.25, 0.3) is 0 Å². The first-order valence-electron chi connectivity index (χ1n) is 5.67. The minimum atomic E-state index is -0.723. The van der Waals surface area contributed by atoms with Crippen LogP contribution < -0.4 is 5.32 Å². The van der Waals surface area contributed by atoms with E-state index in [-0.39, 0.29) is 23.9 Å². The Labute approximate surface area is 95.8 Å². The van der Waals surface area contributed by atoms with Crippen LogP contribution in [0.1, 0.15) is 26.7 Å². The van der Waals surface area contributed by atoms with Crippen LogP contribution in [-0.2, 0) is 9.59 Å². The molecule has 1 amide bonds. The summed E-state index contributed by atoms with van der Waals surface area (Å²) in [7, 11) is 1.62. The van der Waals surface area contributed by atoms with E-state index in [0.29, 0.717) is 19.4 Å². The molecule has 2 N–H and O–H groups in total. The lowest BCUT2D eigenvalue weighted by molar-refractivity contribution is -0.144. The Morgan fingerprint density at radius 2 is 2.12 bits per heavy atom. The number of likely N-dealkylation sites (N-methyl/N-ethyl adjacent to an activating group) is 1. The molecule has 0 aromatic rings. The summed E-state index contributed by atoms with van der Waals surface area (Å²) in [6.07, 6.45) is 1.25. The maximum Gasteiger partial charge on any atom is 0.306 e. The van der Waals surface area contributed by atoms with Crippen LogP contribution in [0.5, 0.6) is 0 Å². The molecule has 5 heteroatoms. The molecule has 1 aliphatic heterocycles. The first-order valence-corrected chi connectivity index (χ1v) is 5.67. The molecule has 3 atom stereocenters. The van der Waals surface area contributed by atoms with Crippen LogP contribution in [0.15, 0.2) is 0 Å². The van der Waals surface area contributed by atoms with Gasteiger partial charge in [0.1, 0.15) is 0 Å². The van der Waals surface area contributed by atoms with E-state index in [9.17, 15) is 9.59 Å². The molecule has 0 aromatic carbocycles. The average molecular weight is 228 g/mol. The minimum absolute atomic E-state index is 0.0133. The molecule has 5 nitrogen and oxygen atoms in total. The van der Waals surface area contributed by atoms with Gasteiger partial charge in [0, 0.05) is 19.6 Å². The van der Waals surface area contributed by atoms with Crippen molar-refractivity contribution in [2.24, 2.45) is 5.92 Å². The Bertz CT molecular complexity index is 280. The zero-order valence-corrected chi connectivity index (χ0v) is 10.1. The summed E-state index contributed by atoms with van der Waals surface area (Å²) >= 11 is 0. The number of carbonyl (C=O) groups excluding carboxylic acids is 1. The van der Waals surface area contributed by atoms with Crippen molar-refractivity contribution in [3.05, 3.63) is 0 Å². The molecular formula is C11H20N2O3. The lowest BCUT2D eigenvalue weighted by Gasteiger charge is -2.39. The number of hydrogen-bond acceptors (Lipinski definition) is 3. The maximum atomic E-state index is 11.5. The van der Waals surface area contributed by atoms with Crippen molar-refractivity contribution in [2.45, 2.75) is 38.8 Å². The Morgan fingerprint density at radius 3 is 2.56 bits per heavy atom. The van der Waals surface area contributed by atoms with Crippen molar-refractivity contribution in [3.63, 3.8) is 0 Å². The van der Waals surface area contributed by atoms with Gasteiger partial charge in [0.25, 0.3) is 0 Å². The summed E-state index contributed by atoms with van der Waals surface area (Å²) in [5, 5.41) is 11.6. The van der Waals surface area contributed by atoms with Crippen LogP contribution in [0, 0.1) is 5.92 Å². The second-order valence-corrected chi connectivity index (χ2v) is 4.44. The number of carboxylic acid groups (broad SMARTS) is 1. The van der Waals surface area contributed by atoms with Gasteiger partial charge in [-0.15, -0.1) is 0 Å². The van der Waals surface area contributed by atoms with Gasteiger partial charge in [0.05, 0.1) is 12.0 Å². The van der Waals surface area contributed by atoms with Gasteiger partial charge in [-0.25, -0.2) is 0 Å². The number of amides is 1. The van der Waals surface area contributed by atoms with Crippen LogP contribution in [0.4, 0.5) is 0 Å². The van der Waals surface area contributed by atoms with Crippen molar-refractivity contribution in [1.29, 1.82) is 0 Å². The molecule has 0 radical (unpaired) electrons. The molecule has 0 bridgehead atoms. The zero-order chi connectivity index (χ0) is 12.3. The van der Waals surface area contributed by atoms with Crippen molar-refractivity contribution in [1.82, 2.24) is 10.2 Å². The number of nitrogens with one attached hydrogen (secondary N) is 1. The lowest BCUT2D eigenvalue weighted by atomic mass is 9.90. The molecule has 0 aromatic heterocycles. The highest BCUT2D eigenvalue weighted by Crippen LogP contribution is 2.24. The molecule has 1 rings (SSSR count). The van der Waals surface area contributed by atoms with Crippen LogP contribution in [-0.4, -0.2) is 47.6 Å². The standard InChI is InChI=1S/C11H20N2O3/c1-7-6-9(11(15)16)4-5-13(7)8(2)10(14)12-3/h7-9H,4-6H2,1-3H3,(H,12,14)(H,15,16). The number of hydrogen-bond donors (Lipinski definition) is 2. The molecule has 92 valence electrons. The lowest BCUT2D eigenvalue weighted by Crippen LogP contribution is -2.52. The maximum absolute atomic E-state index is 11.5. The van der Waals surface area contributed by atoms with Crippen molar-refractivity contribution < 1.29 is 14.7 Å². The molecule has 16 heavy (non-hydrogen) atoms. The third-order valence-corrected chi connectivity index (χ3v) is 3.40. The van der Waals surface area contributed by atoms with Gasteiger partial charge in [-0.05, 0) is 26.7 Å². The normalized spacial score (nSPS) is 28.4. The van der Waals surface area contributed by atoms with Crippen molar-refractivity contribution >= 4 is 11.9 Å². The monoisotopic (exact) mass is 228 g/mol. The number of carboxylic acids is 1. The molecule has 0 spiro atoms. The Kier molecular flexibility index (Phi) is 4.29. The molecular weight excluding hydrogens is 208 g/mol. The topological polar surface area (TPSA) is 69.6 Å². The molecule has 0 saturated carbocycles. The molecule has 3 unspecified atom stereocenters. The second-order valence-electron chi connectivity index (χ2n) is 4.44. The van der Waals surface area contributed by atoms with Crippen LogP contribution in [0.3, 0.4) is 0 Å². The quantitative estimate of drug-likeness (QED) is 0.729. The number of piperidine rings is 1. The van der Waals surface area contributed by atoms with E-state index >= 15 is 0 Å². The summed E-state index contributed by atoms with van der Waals surface area (Å²) in [4.78, 5) is 24.4. The van der Waals surface area contributed by atoms with Gasteiger partial charge < -0.3 is 10.4 Å². The first-order chi connectivity index (χ1) is 7.47. The molecule has 1 saturated heterocycles. The van der Waals surface area contributed by atoms with Gasteiger partial charge >= 0.3 is 5.97 Å². The fraction of sp³-hybridized carbons (Fsp3) is 0.818. The average Bonchev–Trinajstić information content (AvgIpc) is 2.26. The highest BCUT2D eigenvalue weighted by atomic mass is 16.4. The number of aliphatic carboxylic acids is 1. The van der Waals surface area contributed by atoms with Gasteiger partial charge in [0.15, 0.2) is 0 Å². The van der Waals surface area contributed by atoms with E-state index in [1.54, 1.807) is 7.05 Å². The smallest absolute Gasteiger partial charge is 0.306 e. The van der Waals surface area contributed by atoms with E-state index in [1.165, 1.54) is 0 Å². The predicted octanol–water partition coefficient (Wildman–Crippen LogP) is 0.306. The third-order valence-electron chi connectivity index (χ3n) is 3.40. The van der Waals surface area contributed by atoms with Gasteiger partial charge in [0.2, 0.25) is 5.91 Å². The fourth-order valence-electron chi connectivity index (χ4n) is 2.35. The summed E-state index contributed by atoms with van der Waals surface area (Å²) in [6.45, 7) is 4.51. The number of rotatable bonds is 3. The van der Waals surface area contributed by atoms with E-state index in [1.807, 2.05) is 13.8 Å². The summed E-state index contributed by atoms with van der Waals surface area (Å²) in [5.74, 6) is -0.997. The highest BCUT2D eigenvalue weighted by molar-refractivity contribution is 5.81. The Balaban J connectivity index is 2.59. The molecule has 1 aliphatic rings. The zero-order valence-electron chi connectivity index (χ0n) is 10.1. The van der Waals surface area contributed by atoms with E-state index in [0.717, 1.165) is 0 Å². The number of nitrogens with zero attached hydrogens (tertiary/aromatic N) is 1. The van der Waals surface area contributed by atoms with Crippen LogP contribution >= 0.6 is 0 Å². The van der Waals surface area contributed by atoms with Crippen molar-refractivity contribution in [3.8, 4) is 0 Å². The SMILES string of the molecule is CNC(=O)C(C)N1CCC(C(=O)O)CC1C. The van der Waals surface area contributed by atoms with E-state index in [2.05, 4.69) is 10.2 Å².